The van der Waals surface area contributed by atoms with Crippen molar-refractivity contribution in [2.45, 2.75) is 6.92 Å². The fraction of sp³-hybridized carbons (Fsp3) is 0.118. The van der Waals surface area contributed by atoms with Gasteiger partial charge in [-0.25, -0.2) is 4.98 Å². The standard InChI is InChI=1S/C17H13ClN2O/c1-9-8-19-17(18)15-14-12-5-4-11(21-2)7-10(12)3-6-13(14)20-16(9)15/h3-8,20H,1-2H3. The Balaban J connectivity index is 2.26. The maximum absolute atomic E-state index is 6.35. The summed E-state index contributed by atoms with van der Waals surface area (Å²) in [6, 6.07) is 10.2. The third-order valence-corrected chi connectivity index (χ3v) is 4.25. The van der Waals surface area contributed by atoms with E-state index >= 15 is 0 Å². The highest BCUT2D eigenvalue weighted by Gasteiger charge is 2.13. The first-order valence-corrected chi connectivity index (χ1v) is 7.10. The highest BCUT2D eigenvalue weighted by molar-refractivity contribution is 6.38. The molecule has 0 unspecified atom stereocenters. The minimum absolute atomic E-state index is 0.533. The topological polar surface area (TPSA) is 37.9 Å². The molecule has 0 spiro atoms. The number of aromatic nitrogens is 2. The van der Waals surface area contributed by atoms with Crippen molar-refractivity contribution in [2.75, 3.05) is 7.11 Å². The average Bonchev–Trinajstić information content (AvgIpc) is 2.91. The van der Waals surface area contributed by atoms with Crippen LogP contribution in [-0.2, 0) is 0 Å². The van der Waals surface area contributed by atoms with Crippen LogP contribution in [0.5, 0.6) is 5.75 Å². The van der Waals surface area contributed by atoms with Crippen molar-refractivity contribution in [3.05, 3.63) is 47.2 Å². The van der Waals surface area contributed by atoms with E-state index in [0.717, 1.165) is 43.9 Å². The van der Waals surface area contributed by atoms with Crippen molar-refractivity contribution in [1.29, 1.82) is 0 Å². The molecular formula is C17H13ClN2O. The number of H-pyrrole nitrogens is 1. The summed E-state index contributed by atoms with van der Waals surface area (Å²) in [5, 5.41) is 4.91. The molecule has 0 amide bonds. The lowest BCUT2D eigenvalue weighted by molar-refractivity contribution is 0.415. The molecule has 0 saturated carbocycles. The zero-order chi connectivity index (χ0) is 14.6. The van der Waals surface area contributed by atoms with E-state index in [2.05, 4.69) is 28.2 Å². The molecule has 0 radical (unpaired) electrons. The van der Waals surface area contributed by atoms with Gasteiger partial charge in [-0.3, -0.25) is 0 Å². The summed E-state index contributed by atoms with van der Waals surface area (Å²) in [6.45, 7) is 2.03. The van der Waals surface area contributed by atoms with Gasteiger partial charge in [0.1, 0.15) is 10.9 Å². The smallest absolute Gasteiger partial charge is 0.139 e. The van der Waals surface area contributed by atoms with Crippen LogP contribution in [0.2, 0.25) is 5.15 Å². The Morgan fingerprint density at radius 1 is 1.14 bits per heavy atom. The maximum Gasteiger partial charge on any atom is 0.139 e. The number of benzene rings is 2. The van der Waals surface area contributed by atoms with Crippen LogP contribution in [0.1, 0.15) is 5.56 Å². The van der Waals surface area contributed by atoms with Gasteiger partial charge < -0.3 is 9.72 Å². The monoisotopic (exact) mass is 296 g/mol. The summed E-state index contributed by atoms with van der Waals surface area (Å²) in [5.41, 5.74) is 3.21. The largest absolute Gasteiger partial charge is 0.497 e. The van der Waals surface area contributed by atoms with Gasteiger partial charge in [-0.1, -0.05) is 17.7 Å². The van der Waals surface area contributed by atoms with Gasteiger partial charge in [0.15, 0.2) is 0 Å². The Morgan fingerprint density at radius 3 is 2.81 bits per heavy atom. The molecule has 2 aromatic carbocycles. The number of hydrogen-bond acceptors (Lipinski definition) is 2. The molecule has 0 aliphatic heterocycles. The third kappa shape index (κ3) is 1.71. The molecule has 3 nitrogen and oxygen atoms in total. The number of aryl methyl sites for hydroxylation is 1. The molecule has 2 aromatic heterocycles. The Morgan fingerprint density at radius 2 is 2.00 bits per heavy atom. The van der Waals surface area contributed by atoms with Crippen LogP contribution < -0.4 is 4.74 Å². The molecule has 0 aliphatic rings. The predicted molar refractivity (Wildman–Crippen MR) is 87.4 cm³/mol. The fourth-order valence-electron chi connectivity index (χ4n) is 2.92. The van der Waals surface area contributed by atoms with Crippen LogP contribution in [0.15, 0.2) is 36.5 Å². The van der Waals surface area contributed by atoms with Gasteiger partial charge in [0.05, 0.1) is 12.6 Å². The molecule has 0 fully saturated rings. The minimum atomic E-state index is 0.533. The molecule has 0 atom stereocenters. The van der Waals surface area contributed by atoms with E-state index in [1.54, 1.807) is 13.3 Å². The summed E-state index contributed by atoms with van der Waals surface area (Å²) in [6.07, 6.45) is 1.80. The average molecular weight is 297 g/mol. The second-order valence-electron chi connectivity index (χ2n) is 5.18. The summed E-state index contributed by atoms with van der Waals surface area (Å²) in [5.74, 6) is 0.849. The van der Waals surface area contributed by atoms with Gasteiger partial charge in [0, 0.05) is 22.5 Å². The number of methoxy groups -OCH3 is 1. The number of pyridine rings is 1. The summed E-state index contributed by atoms with van der Waals surface area (Å²) < 4.78 is 5.30. The Labute approximate surface area is 126 Å². The second kappa shape index (κ2) is 4.37. The van der Waals surface area contributed by atoms with Gasteiger partial charge >= 0.3 is 0 Å². The molecular weight excluding hydrogens is 284 g/mol. The second-order valence-corrected chi connectivity index (χ2v) is 5.54. The van der Waals surface area contributed by atoms with Crippen molar-refractivity contribution in [2.24, 2.45) is 0 Å². The van der Waals surface area contributed by atoms with E-state index in [1.807, 2.05) is 19.1 Å². The van der Waals surface area contributed by atoms with Crippen molar-refractivity contribution in [3.8, 4) is 5.75 Å². The van der Waals surface area contributed by atoms with Crippen molar-refractivity contribution in [3.63, 3.8) is 0 Å². The van der Waals surface area contributed by atoms with E-state index in [9.17, 15) is 0 Å². The minimum Gasteiger partial charge on any atom is -0.497 e. The zero-order valence-corrected chi connectivity index (χ0v) is 12.5. The van der Waals surface area contributed by atoms with E-state index in [0.29, 0.717) is 5.15 Å². The van der Waals surface area contributed by atoms with Crippen LogP contribution in [-0.4, -0.2) is 17.1 Å². The van der Waals surface area contributed by atoms with Gasteiger partial charge in [0.2, 0.25) is 0 Å². The predicted octanol–water partition coefficient (Wildman–Crippen LogP) is 4.84. The first-order valence-electron chi connectivity index (χ1n) is 6.72. The van der Waals surface area contributed by atoms with Crippen LogP contribution in [0, 0.1) is 6.92 Å². The molecule has 104 valence electrons. The fourth-order valence-corrected chi connectivity index (χ4v) is 3.15. The zero-order valence-electron chi connectivity index (χ0n) is 11.7. The van der Waals surface area contributed by atoms with Gasteiger partial charge in [-0.05, 0) is 47.5 Å². The molecule has 21 heavy (non-hydrogen) atoms. The highest BCUT2D eigenvalue weighted by Crippen LogP contribution is 2.37. The number of aromatic amines is 1. The maximum atomic E-state index is 6.35. The molecule has 0 saturated heterocycles. The van der Waals surface area contributed by atoms with Crippen LogP contribution in [0.4, 0.5) is 0 Å². The van der Waals surface area contributed by atoms with Crippen molar-refractivity contribution >= 4 is 44.2 Å². The van der Waals surface area contributed by atoms with Gasteiger partial charge in [-0.2, -0.15) is 0 Å². The SMILES string of the molecule is COc1ccc2c(ccc3[nH]c4c(C)cnc(Cl)c4c32)c1. The summed E-state index contributed by atoms with van der Waals surface area (Å²) in [7, 11) is 1.68. The van der Waals surface area contributed by atoms with Gasteiger partial charge in [0.25, 0.3) is 0 Å². The first-order chi connectivity index (χ1) is 10.2. The Kier molecular flexibility index (Phi) is 2.59. The molecule has 4 aromatic rings. The number of ether oxygens (including phenoxy) is 1. The number of hydrogen-bond donors (Lipinski definition) is 1. The van der Waals surface area contributed by atoms with Crippen LogP contribution in [0.3, 0.4) is 0 Å². The summed E-state index contributed by atoms with van der Waals surface area (Å²) in [4.78, 5) is 7.74. The number of nitrogens with zero attached hydrogens (tertiary/aromatic N) is 1. The van der Waals surface area contributed by atoms with E-state index in [4.69, 9.17) is 16.3 Å². The lowest BCUT2D eigenvalue weighted by Crippen LogP contribution is -1.83. The molecule has 2 heterocycles. The molecule has 1 N–H and O–H groups in total. The molecule has 0 aliphatic carbocycles. The normalized spacial score (nSPS) is 11.6. The molecule has 4 rings (SSSR count). The highest BCUT2D eigenvalue weighted by atomic mass is 35.5. The number of nitrogens with one attached hydrogen (secondary N) is 1. The van der Waals surface area contributed by atoms with Gasteiger partial charge in [-0.15, -0.1) is 0 Å². The van der Waals surface area contributed by atoms with E-state index < -0.39 is 0 Å². The third-order valence-electron chi connectivity index (χ3n) is 3.96. The van der Waals surface area contributed by atoms with E-state index in [1.165, 1.54) is 0 Å². The van der Waals surface area contributed by atoms with Crippen molar-refractivity contribution < 1.29 is 4.74 Å². The number of rotatable bonds is 1. The van der Waals surface area contributed by atoms with E-state index in [-0.39, 0.29) is 0 Å². The molecule has 0 bridgehead atoms. The number of halogens is 1. The van der Waals surface area contributed by atoms with Crippen molar-refractivity contribution in [1.82, 2.24) is 9.97 Å². The lowest BCUT2D eigenvalue weighted by Gasteiger charge is -2.04. The lowest BCUT2D eigenvalue weighted by atomic mass is 10.0. The van der Waals surface area contributed by atoms with Crippen LogP contribution in [0.25, 0.3) is 32.6 Å². The Hall–Kier alpha value is -2.26. The summed E-state index contributed by atoms with van der Waals surface area (Å²) >= 11 is 6.35. The quantitative estimate of drug-likeness (QED) is 0.510. The number of fused-ring (bicyclic) bond motifs is 5. The molecule has 4 heteroatoms. The Bertz CT molecular complexity index is 1000. The van der Waals surface area contributed by atoms with Crippen LogP contribution >= 0.6 is 11.6 Å². The first kappa shape index (κ1) is 12.5.